The number of carboxylic acid groups (broad SMARTS) is 1. The predicted octanol–water partition coefficient (Wildman–Crippen LogP) is 2.63. The van der Waals surface area contributed by atoms with Gasteiger partial charge in [0.05, 0.1) is 12.2 Å². The molecule has 0 bridgehead atoms. The number of nitrogens with one attached hydrogen (secondary N) is 1. The van der Waals surface area contributed by atoms with E-state index in [1.807, 2.05) is 47.0 Å². The zero-order valence-electron chi connectivity index (χ0n) is 16.5. The number of hydrogen-bond donors (Lipinski definition) is 2. The van der Waals surface area contributed by atoms with Gasteiger partial charge in [-0.15, -0.1) is 11.3 Å². The summed E-state index contributed by atoms with van der Waals surface area (Å²) in [6.45, 7) is 11.4. The summed E-state index contributed by atoms with van der Waals surface area (Å²) in [5.74, 6) is -1.16. The molecular weight excluding hydrogens is 352 g/mol. The Morgan fingerprint density at radius 3 is 2.54 bits per heavy atom. The van der Waals surface area contributed by atoms with Crippen molar-refractivity contribution < 1.29 is 14.7 Å². The fourth-order valence-corrected chi connectivity index (χ4v) is 4.97. The first kappa shape index (κ1) is 20.6. The molecule has 1 aliphatic heterocycles. The van der Waals surface area contributed by atoms with Crippen LogP contribution in [0.5, 0.6) is 0 Å². The molecule has 0 saturated carbocycles. The topological polar surface area (TPSA) is 85.8 Å². The minimum absolute atomic E-state index is 0.217. The number of rotatable bonds is 7. The number of hydrogen-bond acceptors (Lipinski definition) is 5. The molecule has 1 aromatic rings. The molecule has 2 N–H and O–H groups in total. The summed E-state index contributed by atoms with van der Waals surface area (Å²) < 4.78 is 0. The Bertz CT molecular complexity index is 668. The Hall–Kier alpha value is -1.67. The molecule has 0 aliphatic carbocycles. The van der Waals surface area contributed by atoms with Gasteiger partial charge >= 0.3 is 12.0 Å². The normalized spacial score (nSPS) is 17.9. The molecule has 1 fully saturated rings. The minimum atomic E-state index is -1.25. The molecule has 146 valence electrons. The number of urea groups is 1. The zero-order valence-corrected chi connectivity index (χ0v) is 17.3. The van der Waals surface area contributed by atoms with Gasteiger partial charge in [-0.1, -0.05) is 34.6 Å². The molecule has 1 saturated heterocycles. The molecule has 8 heteroatoms. The van der Waals surface area contributed by atoms with Gasteiger partial charge in [0.1, 0.15) is 10.5 Å². The highest BCUT2D eigenvalue weighted by Gasteiger charge is 2.59. The van der Waals surface area contributed by atoms with E-state index >= 15 is 0 Å². The molecule has 1 aromatic heterocycles. The number of nitrogens with zero attached hydrogens (tertiary/aromatic N) is 3. The maximum absolute atomic E-state index is 13.1. The van der Waals surface area contributed by atoms with Crippen LogP contribution < -0.4 is 5.32 Å². The molecule has 1 aliphatic rings. The first-order valence-corrected chi connectivity index (χ1v) is 9.81. The Morgan fingerprint density at radius 1 is 1.38 bits per heavy atom. The van der Waals surface area contributed by atoms with Gasteiger partial charge in [0.25, 0.3) is 0 Å². The van der Waals surface area contributed by atoms with Crippen molar-refractivity contribution in [1.29, 1.82) is 0 Å². The molecular formula is C18H30N4O3S. The third-order valence-corrected chi connectivity index (χ3v) is 6.00. The van der Waals surface area contributed by atoms with Crippen molar-refractivity contribution in [3.8, 4) is 0 Å². The van der Waals surface area contributed by atoms with Gasteiger partial charge < -0.3 is 20.2 Å². The van der Waals surface area contributed by atoms with Crippen molar-refractivity contribution in [2.75, 3.05) is 20.1 Å². The van der Waals surface area contributed by atoms with Gasteiger partial charge in [-0.05, 0) is 18.4 Å². The van der Waals surface area contributed by atoms with Crippen molar-refractivity contribution in [2.24, 2.45) is 11.3 Å². The summed E-state index contributed by atoms with van der Waals surface area (Å²) in [5.41, 5.74) is -1.01. The second-order valence-corrected chi connectivity index (χ2v) is 9.04. The van der Waals surface area contributed by atoms with Crippen molar-refractivity contribution in [1.82, 2.24) is 20.1 Å². The standard InChI is InChI=1S/C18H30N4O3S/c1-12(2)18(15(23)24,17(3,4)5)22-8-7-21(16(22)25)10-13-11-26-14(20-13)9-19-6/h11-12,19H,7-10H2,1-6H3,(H,23,24). The van der Waals surface area contributed by atoms with Gasteiger partial charge in [-0.25, -0.2) is 14.6 Å². The molecule has 1 atom stereocenters. The van der Waals surface area contributed by atoms with Crippen LogP contribution in [0.3, 0.4) is 0 Å². The summed E-state index contributed by atoms with van der Waals surface area (Å²) >= 11 is 1.56. The number of thiazole rings is 1. The van der Waals surface area contributed by atoms with Crippen molar-refractivity contribution >= 4 is 23.3 Å². The lowest BCUT2D eigenvalue weighted by Crippen LogP contribution is -2.66. The summed E-state index contributed by atoms with van der Waals surface area (Å²) in [5, 5.41) is 16.1. The zero-order chi connectivity index (χ0) is 19.7. The lowest BCUT2D eigenvalue weighted by Gasteiger charge is -2.49. The Kier molecular flexibility index (Phi) is 5.97. The summed E-state index contributed by atoms with van der Waals surface area (Å²) in [4.78, 5) is 33.2. The van der Waals surface area contributed by atoms with E-state index in [0.717, 1.165) is 10.7 Å². The average Bonchev–Trinajstić information content (AvgIpc) is 3.08. The van der Waals surface area contributed by atoms with Crippen LogP contribution in [-0.2, 0) is 17.9 Å². The number of carboxylic acids is 1. The maximum Gasteiger partial charge on any atom is 0.330 e. The van der Waals surface area contributed by atoms with Crippen LogP contribution in [0, 0.1) is 11.3 Å². The molecule has 0 radical (unpaired) electrons. The lowest BCUT2D eigenvalue weighted by atomic mass is 9.66. The van der Waals surface area contributed by atoms with E-state index in [-0.39, 0.29) is 11.9 Å². The van der Waals surface area contributed by atoms with Gasteiger partial charge in [-0.3, -0.25) is 0 Å². The van der Waals surface area contributed by atoms with Gasteiger partial charge in [-0.2, -0.15) is 0 Å². The van der Waals surface area contributed by atoms with E-state index in [4.69, 9.17) is 0 Å². The lowest BCUT2D eigenvalue weighted by molar-refractivity contribution is -0.161. The third kappa shape index (κ3) is 3.44. The second kappa shape index (κ2) is 7.52. The molecule has 0 aromatic carbocycles. The molecule has 7 nitrogen and oxygen atoms in total. The quantitative estimate of drug-likeness (QED) is 0.757. The van der Waals surface area contributed by atoms with E-state index in [1.54, 1.807) is 21.1 Å². The van der Waals surface area contributed by atoms with Crippen LogP contribution in [0.25, 0.3) is 0 Å². The smallest absolute Gasteiger partial charge is 0.330 e. The van der Waals surface area contributed by atoms with Crippen LogP contribution in [0.2, 0.25) is 0 Å². The summed E-state index contributed by atoms with van der Waals surface area (Å²) in [7, 11) is 1.87. The number of carbonyl (C=O) groups is 2. The van der Waals surface area contributed by atoms with Crippen LogP contribution >= 0.6 is 11.3 Å². The van der Waals surface area contributed by atoms with E-state index in [9.17, 15) is 14.7 Å². The van der Waals surface area contributed by atoms with E-state index < -0.39 is 16.9 Å². The van der Waals surface area contributed by atoms with Crippen molar-refractivity contribution in [3.63, 3.8) is 0 Å². The predicted molar refractivity (Wildman–Crippen MR) is 102 cm³/mol. The highest BCUT2D eigenvalue weighted by Crippen LogP contribution is 2.43. The summed E-state index contributed by atoms with van der Waals surface area (Å²) in [6, 6.07) is -0.223. The molecule has 2 rings (SSSR count). The molecule has 2 amide bonds. The molecule has 1 unspecified atom stereocenters. The Labute approximate surface area is 159 Å². The van der Waals surface area contributed by atoms with E-state index in [1.165, 1.54) is 0 Å². The van der Waals surface area contributed by atoms with Gasteiger partial charge in [0.2, 0.25) is 0 Å². The minimum Gasteiger partial charge on any atom is -0.479 e. The van der Waals surface area contributed by atoms with Crippen molar-refractivity contribution in [2.45, 2.75) is 53.2 Å². The second-order valence-electron chi connectivity index (χ2n) is 8.09. The maximum atomic E-state index is 13.1. The van der Waals surface area contributed by atoms with Crippen LogP contribution in [-0.4, -0.2) is 57.6 Å². The molecule has 0 spiro atoms. The highest BCUT2D eigenvalue weighted by atomic mass is 32.1. The van der Waals surface area contributed by atoms with Crippen LogP contribution in [0.4, 0.5) is 4.79 Å². The number of amides is 2. The Balaban J connectivity index is 2.26. The first-order chi connectivity index (χ1) is 12.1. The van der Waals surface area contributed by atoms with E-state index in [0.29, 0.717) is 26.2 Å². The highest BCUT2D eigenvalue weighted by molar-refractivity contribution is 7.09. The first-order valence-electron chi connectivity index (χ1n) is 8.93. The number of aromatic nitrogens is 1. The average molecular weight is 383 g/mol. The SMILES string of the molecule is CNCc1nc(CN2CCN(C(C(=O)O)(C(C)C)C(C)(C)C)C2=O)cs1. The summed E-state index contributed by atoms with van der Waals surface area (Å²) in [6.07, 6.45) is 0. The van der Waals surface area contributed by atoms with Crippen molar-refractivity contribution in [3.05, 3.63) is 16.1 Å². The Morgan fingerprint density at radius 2 is 2.04 bits per heavy atom. The van der Waals surface area contributed by atoms with E-state index in [2.05, 4.69) is 10.3 Å². The van der Waals surface area contributed by atoms with Crippen LogP contribution in [0.1, 0.15) is 45.3 Å². The fourth-order valence-electron chi connectivity index (χ4n) is 4.17. The largest absolute Gasteiger partial charge is 0.479 e. The monoisotopic (exact) mass is 382 g/mol. The third-order valence-electron chi connectivity index (χ3n) is 5.11. The van der Waals surface area contributed by atoms with Gasteiger partial charge in [0.15, 0.2) is 0 Å². The van der Waals surface area contributed by atoms with Gasteiger partial charge in [0, 0.05) is 25.0 Å². The molecule has 2 heterocycles. The molecule has 26 heavy (non-hydrogen) atoms. The fraction of sp³-hybridized carbons (Fsp3) is 0.722. The number of carbonyl (C=O) groups excluding carboxylic acids is 1. The number of aliphatic carboxylic acids is 1. The van der Waals surface area contributed by atoms with Crippen LogP contribution in [0.15, 0.2) is 5.38 Å².